The maximum absolute atomic E-state index is 12.3. The summed E-state index contributed by atoms with van der Waals surface area (Å²) in [6.07, 6.45) is 3.37. The maximum Gasteiger partial charge on any atom is 0.305 e. The monoisotopic (exact) mass is 341 g/mol. The van der Waals surface area contributed by atoms with Crippen molar-refractivity contribution in [1.82, 2.24) is 15.0 Å². The van der Waals surface area contributed by atoms with Crippen molar-refractivity contribution in [2.75, 3.05) is 18.1 Å². The first-order chi connectivity index (χ1) is 11.1. The van der Waals surface area contributed by atoms with Gasteiger partial charge in [-0.2, -0.15) is 16.7 Å². The highest BCUT2D eigenvalue weighted by Gasteiger charge is 2.28. The largest absolute Gasteiger partial charge is 0.481 e. The Hall–Kier alpha value is -1.57. The van der Waals surface area contributed by atoms with Crippen molar-refractivity contribution in [3.05, 3.63) is 11.7 Å². The Morgan fingerprint density at radius 1 is 1.43 bits per heavy atom. The molecule has 0 spiro atoms. The molecule has 0 saturated carbocycles. The number of hydrogen-bond acceptors (Lipinski definition) is 6. The van der Waals surface area contributed by atoms with E-state index in [-0.39, 0.29) is 18.4 Å². The van der Waals surface area contributed by atoms with Crippen LogP contribution in [0, 0.1) is 0 Å². The Labute approximate surface area is 139 Å². The van der Waals surface area contributed by atoms with Crippen LogP contribution in [0.2, 0.25) is 0 Å². The number of nitrogens with zero attached hydrogens (tertiary/aromatic N) is 3. The normalized spacial score (nSPS) is 18.1. The number of amides is 1. The van der Waals surface area contributed by atoms with Gasteiger partial charge >= 0.3 is 5.97 Å². The van der Waals surface area contributed by atoms with Gasteiger partial charge in [0, 0.05) is 37.3 Å². The van der Waals surface area contributed by atoms with Crippen LogP contribution >= 0.6 is 11.8 Å². The lowest BCUT2D eigenvalue weighted by Crippen LogP contribution is -2.47. The third-order valence-corrected chi connectivity index (χ3v) is 4.81. The fourth-order valence-corrected chi connectivity index (χ4v) is 3.67. The standard InChI is InChI=1S/C15H23N3O4S/c1-2-4-12-16-13(22-17-12)5-3-6-14(19)18-7-8-23-10-11(18)9-15(20)21/h11H,2-10H2,1H3,(H,20,21). The molecule has 1 fully saturated rings. The molecule has 0 radical (unpaired) electrons. The molecule has 0 bridgehead atoms. The molecule has 2 rings (SSSR count). The molecule has 128 valence electrons. The zero-order chi connectivity index (χ0) is 16.7. The lowest BCUT2D eigenvalue weighted by Gasteiger charge is -2.34. The van der Waals surface area contributed by atoms with Crippen molar-refractivity contribution in [1.29, 1.82) is 0 Å². The smallest absolute Gasteiger partial charge is 0.305 e. The van der Waals surface area contributed by atoms with E-state index >= 15 is 0 Å². The number of aromatic nitrogens is 2. The van der Waals surface area contributed by atoms with Gasteiger partial charge in [-0.15, -0.1) is 0 Å². The van der Waals surface area contributed by atoms with E-state index in [1.165, 1.54) is 0 Å². The predicted octanol–water partition coefficient (Wildman–Crippen LogP) is 1.76. The van der Waals surface area contributed by atoms with E-state index in [2.05, 4.69) is 17.1 Å². The number of aliphatic carboxylic acids is 1. The molecule has 1 saturated heterocycles. The zero-order valence-electron chi connectivity index (χ0n) is 13.4. The fourth-order valence-electron chi connectivity index (χ4n) is 2.61. The first-order valence-electron chi connectivity index (χ1n) is 8.00. The second kappa shape index (κ2) is 8.90. The van der Waals surface area contributed by atoms with Gasteiger partial charge in [-0.25, -0.2) is 0 Å². The highest BCUT2D eigenvalue weighted by Crippen LogP contribution is 2.20. The van der Waals surface area contributed by atoms with Crippen LogP contribution < -0.4 is 0 Å². The van der Waals surface area contributed by atoms with Crippen LogP contribution in [-0.4, -0.2) is 56.1 Å². The molecule has 1 amide bonds. The van der Waals surface area contributed by atoms with E-state index in [9.17, 15) is 9.59 Å². The van der Waals surface area contributed by atoms with E-state index in [4.69, 9.17) is 9.63 Å². The molecule has 0 aromatic carbocycles. The summed E-state index contributed by atoms with van der Waals surface area (Å²) in [5.41, 5.74) is 0. The third-order valence-electron chi connectivity index (χ3n) is 3.72. The number of hydrogen-bond donors (Lipinski definition) is 1. The van der Waals surface area contributed by atoms with Gasteiger partial charge in [0.15, 0.2) is 5.82 Å². The van der Waals surface area contributed by atoms with Gasteiger partial charge in [0.05, 0.1) is 12.5 Å². The lowest BCUT2D eigenvalue weighted by molar-refractivity contribution is -0.140. The molecular formula is C15H23N3O4S. The van der Waals surface area contributed by atoms with Crippen molar-refractivity contribution >= 4 is 23.6 Å². The van der Waals surface area contributed by atoms with Crippen LogP contribution in [0.25, 0.3) is 0 Å². The van der Waals surface area contributed by atoms with Gasteiger partial charge in [-0.05, 0) is 12.8 Å². The van der Waals surface area contributed by atoms with Crippen LogP contribution in [0.3, 0.4) is 0 Å². The van der Waals surface area contributed by atoms with Gasteiger partial charge in [-0.3, -0.25) is 9.59 Å². The molecule has 1 atom stereocenters. The number of carboxylic acids is 1. The van der Waals surface area contributed by atoms with Crippen molar-refractivity contribution in [3.63, 3.8) is 0 Å². The zero-order valence-corrected chi connectivity index (χ0v) is 14.2. The summed E-state index contributed by atoms with van der Waals surface area (Å²) < 4.78 is 5.15. The molecular weight excluding hydrogens is 318 g/mol. The van der Waals surface area contributed by atoms with Crippen LogP contribution in [0.1, 0.15) is 44.3 Å². The number of rotatable bonds is 8. The average Bonchev–Trinajstić information content (AvgIpc) is 2.95. The van der Waals surface area contributed by atoms with Crippen molar-refractivity contribution < 1.29 is 19.2 Å². The Kier molecular flexibility index (Phi) is 6.88. The quantitative estimate of drug-likeness (QED) is 0.769. The van der Waals surface area contributed by atoms with Crippen molar-refractivity contribution in [2.24, 2.45) is 0 Å². The Morgan fingerprint density at radius 3 is 3.00 bits per heavy atom. The number of carbonyl (C=O) groups excluding carboxylic acids is 1. The van der Waals surface area contributed by atoms with E-state index in [0.29, 0.717) is 43.3 Å². The molecule has 1 aromatic rings. The van der Waals surface area contributed by atoms with E-state index in [0.717, 1.165) is 18.6 Å². The molecule has 1 aliphatic rings. The van der Waals surface area contributed by atoms with Gasteiger partial charge < -0.3 is 14.5 Å². The van der Waals surface area contributed by atoms with Crippen LogP contribution in [0.5, 0.6) is 0 Å². The predicted molar refractivity (Wildman–Crippen MR) is 86.3 cm³/mol. The minimum atomic E-state index is -0.857. The van der Waals surface area contributed by atoms with Gasteiger partial charge in [0.1, 0.15) is 0 Å². The van der Waals surface area contributed by atoms with Crippen LogP contribution in [0.4, 0.5) is 0 Å². The fraction of sp³-hybridized carbons (Fsp3) is 0.733. The van der Waals surface area contributed by atoms with Crippen molar-refractivity contribution in [2.45, 2.75) is 51.5 Å². The SMILES string of the molecule is CCCc1noc(CCCC(=O)N2CCSCC2CC(=O)O)n1. The second-order valence-corrected chi connectivity index (χ2v) is 6.77. The molecule has 23 heavy (non-hydrogen) atoms. The number of aryl methyl sites for hydroxylation is 2. The molecule has 8 heteroatoms. The third kappa shape index (κ3) is 5.53. The van der Waals surface area contributed by atoms with Crippen molar-refractivity contribution in [3.8, 4) is 0 Å². The highest BCUT2D eigenvalue weighted by atomic mass is 32.2. The van der Waals surface area contributed by atoms with Gasteiger partial charge in [0.25, 0.3) is 0 Å². The first kappa shape index (κ1) is 17.8. The second-order valence-electron chi connectivity index (χ2n) is 5.62. The van der Waals surface area contributed by atoms with Gasteiger partial charge in [0.2, 0.25) is 11.8 Å². The summed E-state index contributed by atoms with van der Waals surface area (Å²) in [6.45, 7) is 2.68. The molecule has 7 nitrogen and oxygen atoms in total. The molecule has 1 N–H and O–H groups in total. The summed E-state index contributed by atoms with van der Waals surface area (Å²) in [4.78, 5) is 29.3. The molecule has 1 aliphatic heterocycles. The molecule has 0 aliphatic carbocycles. The van der Waals surface area contributed by atoms with Gasteiger partial charge in [-0.1, -0.05) is 12.1 Å². The Morgan fingerprint density at radius 2 is 2.26 bits per heavy atom. The summed E-state index contributed by atoms with van der Waals surface area (Å²) in [5.74, 6) is 2.00. The molecule has 1 unspecified atom stereocenters. The van der Waals surface area contributed by atoms with E-state index in [1.807, 2.05) is 0 Å². The van der Waals surface area contributed by atoms with Crippen LogP contribution in [0.15, 0.2) is 4.52 Å². The topological polar surface area (TPSA) is 96.5 Å². The Bertz CT molecular complexity index is 535. The number of carbonyl (C=O) groups is 2. The highest BCUT2D eigenvalue weighted by molar-refractivity contribution is 7.99. The minimum absolute atomic E-state index is 0.0166. The summed E-state index contributed by atoms with van der Waals surface area (Å²) in [7, 11) is 0. The summed E-state index contributed by atoms with van der Waals surface area (Å²) >= 11 is 1.70. The Balaban J connectivity index is 1.79. The molecule has 1 aromatic heterocycles. The first-order valence-corrected chi connectivity index (χ1v) is 9.16. The average molecular weight is 341 g/mol. The van der Waals surface area contributed by atoms with E-state index < -0.39 is 5.97 Å². The summed E-state index contributed by atoms with van der Waals surface area (Å²) in [6, 6.07) is -0.196. The number of carboxylic acid groups (broad SMARTS) is 1. The summed E-state index contributed by atoms with van der Waals surface area (Å²) in [5, 5.41) is 12.9. The van der Waals surface area contributed by atoms with E-state index in [1.54, 1.807) is 16.7 Å². The number of thioether (sulfide) groups is 1. The van der Waals surface area contributed by atoms with Crippen LogP contribution in [-0.2, 0) is 22.4 Å². The molecule has 2 heterocycles. The minimum Gasteiger partial charge on any atom is -0.481 e. The maximum atomic E-state index is 12.3. The lowest BCUT2D eigenvalue weighted by atomic mass is 10.1.